The second kappa shape index (κ2) is 5.89. The van der Waals surface area contributed by atoms with Crippen molar-refractivity contribution in [2.75, 3.05) is 0 Å². The minimum Gasteiger partial charge on any atom is -0.307 e. The molecule has 0 aliphatic carbocycles. The molecular formula is C14H14N4. The first-order chi connectivity index (χ1) is 8.79. The summed E-state index contributed by atoms with van der Waals surface area (Å²) in [6.07, 6.45) is 1.63. The zero-order chi connectivity index (χ0) is 12.8. The quantitative estimate of drug-likeness (QED) is 0.884. The highest BCUT2D eigenvalue weighted by molar-refractivity contribution is 5.30. The first-order valence-electron chi connectivity index (χ1n) is 5.77. The fourth-order valence-electron chi connectivity index (χ4n) is 1.71. The smallest absolute Gasteiger partial charge is 0.144 e. The third-order valence-corrected chi connectivity index (χ3v) is 2.56. The number of aryl methyl sites for hydroxylation is 1. The van der Waals surface area contributed by atoms with Gasteiger partial charge >= 0.3 is 0 Å². The maximum absolute atomic E-state index is 8.92. The van der Waals surface area contributed by atoms with Gasteiger partial charge in [0.2, 0.25) is 0 Å². The SMILES string of the molecule is Cc1cccc(CNCc2cccnc2C#N)n1. The molecule has 18 heavy (non-hydrogen) atoms. The molecule has 4 heteroatoms. The van der Waals surface area contributed by atoms with Gasteiger partial charge < -0.3 is 5.32 Å². The van der Waals surface area contributed by atoms with E-state index in [1.165, 1.54) is 0 Å². The van der Waals surface area contributed by atoms with Crippen LogP contribution in [0.4, 0.5) is 0 Å². The Labute approximate surface area is 106 Å². The molecule has 0 atom stereocenters. The average molecular weight is 238 g/mol. The number of hydrogen-bond acceptors (Lipinski definition) is 4. The molecule has 4 nitrogen and oxygen atoms in total. The fourth-order valence-corrected chi connectivity index (χ4v) is 1.71. The van der Waals surface area contributed by atoms with E-state index in [1.54, 1.807) is 6.20 Å². The van der Waals surface area contributed by atoms with Crippen LogP contribution in [0.15, 0.2) is 36.5 Å². The third kappa shape index (κ3) is 3.12. The second-order valence-electron chi connectivity index (χ2n) is 4.00. The van der Waals surface area contributed by atoms with Gasteiger partial charge in [-0.15, -0.1) is 0 Å². The summed E-state index contributed by atoms with van der Waals surface area (Å²) in [7, 11) is 0. The van der Waals surface area contributed by atoms with E-state index >= 15 is 0 Å². The molecule has 1 N–H and O–H groups in total. The number of hydrogen-bond donors (Lipinski definition) is 1. The molecule has 90 valence electrons. The Morgan fingerprint density at radius 1 is 1.22 bits per heavy atom. The van der Waals surface area contributed by atoms with Crippen LogP contribution < -0.4 is 5.32 Å². The summed E-state index contributed by atoms with van der Waals surface area (Å²) in [5.74, 6) is 0. The average Bonchev–Trinajstić information content (AvgIpc) is 2.39. The first kappa shape index (κ1) is 12.2. The number of pyridine rings is 2. The topological polar surface area (TPSA) is 61.6 Å². The standard InChI is InChI=1S/C14H14N4/c1-11-4-2-6-13(18-11)10-16-9-12-5-3-7-17-14(12)8-15/h2-7,16H,9-10H2,1H3. The van der Waals surface area contributed by atoms with Gasteiger partial charge in [-0.05, 0) is 25.1 Å². The van der Waals surface area contributed by atoms with Crippen molar-refractivity contribution in [3.05, 3.63) is 59.2 Å². The minimum atomic E-state index is 0.474. The third-order valence-electron chi connectivity index (χ3n) is 2.56. The summed E-state index contributed by atoms with van der Waals surface area (Å²) < 4.78 is 0. The molecular weight excluding hydrogens is 224 g/mol. The summed E-state index contributed by atoms with van der Waals surface area (Å²) in [5, 5.41) is 12.2. The summed E-state index contributed by atoms with van der Waals surface area (Å²) in [6.45, 7) is 3.27. The highest BCUT2D eigenvalue weighted by Crippen LogP contribution is 2.04. The molecule has 0 aliphatic heterocycles. The van der Waals surface area contributed by atoms with Crippen molar-refractivity contribution < 1.29 is 0 Å². The number of nitrogens with zero attached hydrogens (tertiary/aromatic N) is 3. The van der Waals surface area contributed by atoms with Crippen molar-refractivity contribution in [3.63, 3.8) is 0 Å². The summed E-state index contributed by atoms with van der Waals surface area (Å²) in [4.78, 5) is 8.42. The summed E-state index contributed by atoms with van der Waals surface area (Å²) in [6, 6.07) is 11.8. The van der Waals surface area contributed by atoms with Gasteiger partial charge in [-0.25, -0.2) is 4.98 Å². The summed E-state index contributed by atoms with van der Waals surface area (Å²) >= 11 is 0. The number of rotatable bonds is 4. The molecule has 0 unspecified atom stereocenters. The number of nitrogens with one attached hydrogen (secondary N) is 1. The molecule has 0 amide bonds. The second-order valence-corrected chi connectivity index (χ2v) is 4.00. The van der Waals surface area contributed by atoms with Gasteiger partial charge in [-0.2, -0.15) is 5.26 Å². The Morgan fingerprint density at radius 2 is 2.11 bits per heavy atom. The Morgan fingerprint density at radius 3 is 2.89 bits per heavy atom. The number of nitriles is 1. The largest absolute Gasteiger partial charge is 0.307 e. The van der Waals surface area contributed by atoms with Crippen LogP contribution in [0, 0.1) is 18.3 Å². The van der Waals surface area contributed by atoms with E-state index in [0.717, 1.165) is 17.0 Å². The van der Waals surface area contributed by atoms with E-state index in [4.69, 9.17) is 5.26 Å². The van der Waals surface area contributed by atoms with E-state index in [0.29, 0.717) is 18.8 Å². The monoisotopic (exact) mass is 238 g/mol. The lowest BCUT2D eigenvalue weighted by Crippen LogP contribution is -2.15. The van der Waals surface area contributed by atoms with Gasteiger partial charge in [0.25, 0.3) is 0 Å². The van der Waals surface area contributed by atoms with Gasteiger partial charge in [0, 0.05) is 30.5 Å². The van der Waals surface area contributed by atoms with E-state index in [1.807, 2.05) is 37.3 Å². The normalized spacial score (nSPS) is 10.0. The van der Waals surface area contributed by atoms with Crippen LogP contribution in [0.3, 0.4) is 0 Å². The fraction of sp³-hybridized carbons (Fsp3) is 0.214. The van der Waals surface area contributed by atoms with E-state index in [2.05, 4.69) is 21.4 Å². The van der Waals surface area contributed by atoms with E-state index in [9.17, 15) is 0 Å². The number of aromatic nitrogens is 2. The Kier molecular flexibility index (Phi) is 4.00. The zero-order valence-electron chi connectivity index (χ0n) is 10.2. The summed E-state index contributed by atoms with van der Waals surface area (Å²) in [5.41, 5.74) is 3.39. The van der Waals surface area contributed by atoms with Gasteiger partial charge in [0.15, 0.2) is 0 Å². The Balaban J connectivity index is 1.95. The molecule has 0 fully saturated rings. The van der Waals surface area contributed by atoms with Crippen LogP contribution >= 0.6 is 0 Å². The van der Waals surface area contributed by atoms with Crippen LogP contribution in [0.2, 0.25) is 0 Å². The van der Waals surface area contributed by atoms with Crippen LogP contribution in [0.1, 0.15) is 22.6 Å². The molecule has 2 aromatic rings. The first-order valence-corrected chi connectivity index (χ1v) is 5.77. The molecule has 0 radical (unpaired) electrons. The van der Waals surface area contributed by atoms with Crippen molar-refractivity contribution >= 4 is 0 Å². The minimum absolute atomic E-state index is 0.474. The van der Waals surface area contributed by atoms with Crippen molar-refractivity contribution in [2.24, 2.45) is 0 Å². The van der Waals surface area contributed by atoms with E-state index < -0.39 is 0 Å². The van der Waals surface area contributed by atoms with Crippen molar-refractivity contribution in [2.45, 2.75) is 20.0 Å². The Bertz CT molecular complexity index is 572. The highest BCUT2D eigenvalue weighted by atomic mass is 14.9. The lowest BCUT2D eigenvalue weighted by molar-refractivity contribution is 0.675. The van der Waals surface area contributed by atoms with E-state index in [-0.39, 0.29) is 0 Å². The predicted octanol–water partition coefficient (Wildman–Crippen LogP) is 1.95. The van der Waals surface area contributed by atoms with Crippen molar-refractivity contribution in [1.82, 2.24) is 15.3 Å². The molecule has 2 rings (SSSR count). The molecule has 2 aromatic heterocycles. The Hall–Kier alpha value is -2.25. The molecule has 0 aromatic carbocycles. The molecule has 0 bridgehead atoms. The lowest BCUT2D eigenvalue weighted by atomic mass is 10.2. The maximum atomic E-state index is 8.92. The van der Waals surface area contributed by atoms with Gasteiger partial charge in [0.05, 0.1) is 5.69 Å². The molecule has 0 saturated carbocycles. The molecule has 2 heterocycles. The maximum Gasteiger partial charge on any atom is 0.144 e. The molecule has 0 spiro atoms. The van der Waals surface area contributed by atoms with Gasteiger partial charge in [-0.1, -0.05) is 12.1 Å². The lowest BCUT2D eigenvalue weighted by Gasteiger charge is -2.06. The molecule has 0 aliphatic rings. The molecule has 0 saturated heterocycles. The van der Waals surface area contributed by atoms with Crippen LogP contribution in [0.25, 0.3) is 0 Å². The van der Waals surface area contributed by atoms with Crippen molar-refractivity contribution in [3.8, 4) is 6.07 Å². The van der Waals surface area contributed by atoms with Gasteiger partial charge in [-0.3, -0.25) is 4.98 Å². The zero-order valence-corrected chi connectivity index (χ0v) is 10.2. The van der Waals surface area contributed by atoms with Crippen molar-refractivity contribution in [1.29, 1.82) is 5.26 Å². The highest BCUT2D eigenvalue weighted by Gasteiger charge is 2.01. The van der Waals surface area contributed by atoms with Crippen LogP contribution in [-0.4, -0.2) is 9.97 Å². The predicted molar refractivity (Wildman–Crippen MR) is 68.5 cm³/mol. The van der Waals surface area contributed by atoms with Crippen LogP contribution in [-0.2, 0) is 13.1 Å². The van der Waals surface area contributed by atoms with Gasteiger partial charge in [0.1, 0.15) is 11.8 Å². The van der Waals surface area contributed by atoms with Crippen LogP contribution in [0.5, 0.6) is 0 Å².